The van der Waals surface area contributed by atoms with Gasteiger partial charge in [0.2, 0.25) is 0 Å². The topological polar surface area (TPSA) is 30.7 Å². The molecule has 0 fully saturated rings. The Morgan fingerprint density at radius 1 is 1.11 bits per heavy atom. The molecule has 0 radical (unpaired) electrons. The van der Waals surface area contributed by atoms with Gasteiger partial charge >= 0.3 is 0 Å². The third-order valence-electron chi connectivity index (χ3n) is 3.60. The first kappa shape index (κ1) is 11.9. The second kappa shape index (κ2) is 4.50. The second-order valence-electron chi connectivity index (χ2n) is 4.74. The van der Waals surface area contributed by atoms with E-state index in [-0.39, 0.29) is 0 Å². The number of aryl methyl sites for hydroxylation is 2. The van der Waals surface area contributed by atoms with E-state index in [4.69, 9.17) is 0 Å². The number of nitrogens with zero attached hydrogens (tertiary/aromatic N) is 3. The summed E-state index contributed by atoms with van der Waals surface area (Å²) in [5, 5.41) is 5.80. The SMILES string of the molecule is CCn1nc(C)c(-c2cccc3ncccc23)c1C. The van der Waals surface area contributed by atoms with Gasteiger partial charge in [-0.15, -0.1) is 0 Å². The summed E-state index contributed by atoms with van der Waals surface area (Å²) < 4.78 is 2.06. The molecule has 3 nitrogen and oxygen atoms in total. The van der Waals surface area contributed by atoms with E-state index >= 15 is 0 Å². The van der Waals surface area contributed by atoms with Crippen LogP contribution in [0.3, 0.4) is 0 Å². The molecule has 1 aromatic carbocycles. The van der Waals surface area contributed by atoms with Gasteiger partial charge in [-0.25, -0.2) is 0 Å². The van der Waals surface area contributed by atoms with Gasteiger partial charge in [-0.3, -0.25) is 9.67 Å². The molecule has 0 amide bonds. The zero-order valence-corrected chi connectivity index (χ0v) is 11.5. The Kier molecular flexibility index (Phi) is 2.82. The van der Waals surface area contributed by atoms with Gasteiger partial charge in [-0.2, -0.15) is 5.10 Å². The maximum absolute atomic E-state index is 4.61. The largest absolute Gasteiger partial charge is 0.269 e. The van der Waals surface area contributed by atoms with E-state index in [2.05, 4.69) is 53.7 Å². The molecule has 0 saturated carbocycles. The predicted molar refractivity (Wildman–Crippen MR) is 78.1 cm³/mol. The molecule has 0 N–H and O–H groups in total. The van der Waals surface area contributed by atoms with Crippen LogP contribution in [0.15, 0.2) is 36.5 Å². The van der Waals surface area contributed by atoms with Crippen LogP contribution < -0.4 is 0 Å². The first-order valence-electron chi connectivity index (χ1n) is 6.60. The highest BCUT2D eigenvalue weighted by Gasteiger charge is 2.14. The van der Waals surface area contributed by atoms with Crippen LogP contribution >= 0.6 is 0 Å². The van der Waals surface area contributed by atoms with Gasteiger partial charge in [0.15, 0.2) is 0 Å². The van der Waals surface area contributed by atoms with Crippen LogP contribution in [0.2, 0.25) is 0 Å². The van der Waals surface area contributed by atoms with Crippen LogP contribution in [0, 0.1) is 13.8 Å². The van der Waals surface area contributed by atoms with E-state index in [0.29, 0.717) is 0 Å². The molecule has 19 heavy (non-hydrogen) atoms. The third-order valence-corrected chi connectivity index (χ3v) is 3.60. The van der Waals surface area contributed by atoms with Gasteiger partial charge < -0.3 is 0 Å². The van der Waals surface area contributed by atoms with Crippen LogP contribution in [-0.2, 0) is 6.54 Å². The predicted octanol–water partition coefficient (Wildman–Crippen LogP) is 3.74. The number of aromatic nitrogens is 3. The van der Waals surface area contributed by atoms with Gasteiger partial charge in [-0.1, -0.05) is 18.2 Å². The number of fused-ring (bicyclic) bond motifs is 1. The fourth-order valence-corrected chi connectivity index (χ4v) is 2.72. The smallest absolute Gasteiger partial charge is 0.0708 e. The van der Waals surface area contributed by atoms with Gasteiger partial charge in [0.25, 0.3) is 0 Å². The number of hydrogen-bond donors (Lipinski definition) is 0. The zero-order valence-electron chi connectivity index (χ0n) is 11.5. The van der Waals surface area contributed by atoms with Crippen LogP contribution in [-0.4, -0.2) is 14.8 Å². The molecule has 0 atom stereocenters. The molecule has 3 rings (SSSR count). The first-order chi connectivity index (χ1) is 9.22. The summed E-state index contributed by atoms with van der Waals surface area (Å²) in [6, 6.07) is 10.4. The lowest BCUT2D eigenvalue weighted by Crippen LogP contribution is -1.98. The molecule has 2 aromatic heterocycles. The van der Waals surface area contributed by atoms with E-state index in [9.17, 15) is 0 Å². The van der Waals surface area contributed by atoms with E-state index in [1.54, 1.807) is 0 Å². The van der Waals surface area contributed by atoms with Gasteiger partial charge in [-0.05, 0) is 38.5 Å². The Morgan fingerprint density at radius 3 is 2.68 bits per heavy atom. The lowest BCUT2D eigenvalue weighted by atomic mass is 9.99. The molecule has 0 aliphatic heterocycles. The maximum Gasteiger partial charge on any atom is 0.0708 e. The van der Waals surface area contributed by atoms with Crippen molar-refractivity contribution >= 4 is 10.9 Å². The quantitative estimate of drug-likeness (QED) is 0.694. The van der Waals surface area contributed by atoms with E-state index in [0.717, 1.165) is 17.8 Å². The van der Waals surface area contributed by atoms with Gasteiger partial charge in [0.1, 0.15) is 0 Å². The minimum absolute atomic E-state index is 0.899. The molecule has 3 heteroatoms. The normalized spacial score (nSPS) is 11.1. The van der Waals surface area contributed by atoms with Crippen molar-refractivity contribution in [1.82, 2.24) is 14.8 Å². The molecule has 0 aliphatic carbocycles. The van der Waals surface area contributed by atoms with Crippen molar-refractivity contribution in [3.63, 3.8) is 0 Å². The zero-order chi connectivity index (χ0) is 13.4. The minimum atomic E-state index is 0.899. The maximum atomic E-state index is 4.61. The van der Waals surface area contributed by atoms with Crippen LogP contribution in [0.1, 0.15) is 18.3 Å². The number of hydrogen-bond acceptors (Lipinski definition) is 2. The molecule has 3 aromatic rings. The average molecular weight is 251 g/mol. The van der Waals surface area contributed by atoms with Crippen molar-refractivity contribution in [2.24, 2.45) is 0 Å². The van der Waals surface area contributed by atoms with Crippen molar-refractivity contribution in [1.29, 1.82) is 0 Å². The van der Waals surface area contributed by atoms with E-state index < -0.39 is 0 Å². The highest BCUT2D eigenvalue weighted by molar-refractivity contribution is 5.95. The van der Waals surface area contributed by atoms with Gasteiger partial charge in [0, 0.05) is 29.4 Å². The summed E-state index contributed by atoms with van der Waals surface area (Å²) in [4.78, 5) is 4.43. The van der Waals surface area contributed by atoms with Crippen LogP contribution in [0.4, 0.5) is 0 Å². The van der Waals surface area contributed by atoms with Crippen molar-refractivity contribution in [3.8, 4) is 11.1 Å². The summed E-state index contributed by atoms with van der Waals surface area (Å²) in [5.41, 5.74) is 5.79. The van der Waals surface area contributed by atoms with Crippen molar-refractivity contribution in [2.75, 3.05) is 0 Å². The molecule has 0 saturated heterocycles. The van der Waals surface area contributed by atoms with E-state index in [1.165, 1.54) is 22.2 Å². The molecule has 2 heterocycles. The Labute approximate surface area is 112 Å². The summed E-state index contributed by atoms with van der Waals surface area (Å²) in [5.74, 6) is 0. The fraction of sp³-hybridized carbons (Fsp3) is 0.250. The molecule has 0 aliphatic rings. The lowest BCUT2D eigenvalue weighted by molar-refractivity contribution is 0.634. The highest BCUT2D eigenvalue weighted by Crippen LogP contribution is 2.32. The second-order valence-corrected chi connectivity index (χ2v) is 4.74. The molecular weight excluding hydrogens is 234 g/mol. The minimum Gasteiger partial charge on any atom is -0.269 e. The van der Waals surface area contributed by atoms with Crippen LogP contribution in [0.5, 0.6) is 0 Å². The third kappa shape index (κ3) is 1.82. The average Bonchev–Trinajstić information content (AvgIpc) is 2.73. The Morgan fingerprint density at radius 2 is 1.95 bits per heavy atom. The standard InChI is InChI=1S/C16H17N3/c1-4-19-12(3)16(11(2)18-19)14-7-5-9-15-13(14)8-6-10-17-15/h5-10H,4H2,1-3H3. The van der Waals surface area contributed by atoms with Crippen molar-refractivity contribution < 1.29 is 0 Å². The Balaban J connectivity index is 2.34. The molecule has 0 bridgehead atoms. The van der Waals surface area contributed by atoms with Gasteiger partial charge in [0.05, 0.1) is 11.2 Å². The first-order valence-corrected chi connectivity index (χ1v) is 6.60. The van der Waals surface area contributed by atoms with Crippen LogP contribution in [0.25, 0.3) is 22.0 Å². The summed E-state index contributed by atoms with van der Waals surface area (Å²) in [6.07, 6.45) is 1.83. The summed E-state index contributed by atoms with van der Waals surface area (Å²) in [6.45, 7) is 7.22. The number of benzene rings is 1. The fourth-order valence-electron chi connectivity index (χ4n) is 2.72. The molecule has 0 unspecified atom stereocenters. The number of rotatable bonds is 2. The Bertz CT molecular complexity index is 736. The van der Waals surface area contributed by atoms with Crippen molar-refractivity contribution in [2.45, 2.75) is 27.3 Å². The summed E-state index contributed by atoms with van der Waals surface area (Å²) >= 11 is 0. The molecular formula is C16H17N3. The van der Waals surface area contributed by atoms with Crippen molar-refractivity contribution in [3.05, 3.63) is 47.9 Å². The Hall–Kier alpha value is -2.16. The molecule has 96 valence electrons. The highest BCUT2D eigenvalue weighted by atomic mass is 15.3. The molecule has 0 spiro atoms. The lowest BCUT2D eigenvalue weighted by Gasteiger charge is -2.07. The summed E-state index contributed by atoms with van der Waals surface area (Å²) in [7, 11) is 0. The number of pyridine rings is 1. The van der Waals surface area contributed by atoms with E-state index in [1.807, 2.05) is 18.3 Å². The monoisotopic (exact) mass is 251 g/mol.